The molecule has 2 fully saturated rings. The standard InChI is InChI=1S/C17H24ClN5O/c1-19-17(20-10-16(24)21-13-5-6-13)22-14-7-8-23(11-14)15-4-2-3-12(18)9-15/h2-4,9,13-14H,5-8,10-11H2,1H3,(H,21,24)(H2,19,20,22). The number of guanidine groups is 1. The van der Waals surface area contributed by atoms with Crippen LogP contribution in [0.1, 0.15) is 19.3 Å². The van der Waals surface area contributed by atoms with Crippen LogP contribution in [0.15, 0.2) is 29.3 Å². The minimum atomic E-state index is 0.0208. The van der Waals surface area contributed by atoms with Crippen LogP contribution in [0.25, 0.3) is 0 Å². The van der Waals surface area contributed by atoms with Gasteiger partial charge < -0.3 is 20.9 Å². The third-order valence-corrected chi connectivity index (χ3v) is 4.52. The number of rotatable bonds is 5. The zero-order chi connectivity index (χ0) is 16.9. The third kappa shape index (κ3) is 4.77. The van der Waals surface area contributed by atoms with Crippen LogP contribution in [0, 0.1) is 0 Å². The second-order valence-corrected chi connectivity index (χ2v) is 6.76. The van der Waals surface area contributed by atoms with Crippen LogP contribution in [0.3, 0.4) is 0 Å². The van der Waals surface area contributed by atoms with Gasteiger partial charge >= 0.3 is 0 Å². The van der Waals surface area contributed by atoms with Gasteiger partial charge in [-0.15, -0.1) is 0 Å². The Bertz CT molecular complexity index is 617. The Balaban J connectivity index is 1.45. The first-order valence-corrected chi connectivity index (χ1v) is 8.79. The molecule has 1 saturated heterocycles. The number of carbonyl (C=O) groups excluding carboxylic acids is 1. The van der Waals surface area contributed by atoms with Gasteiger partial charge in [-0.1, -0.05) is 17.7 Å². The number of carbonyl (C=O) groups is 1. The molecule has 1 saturated carbocycles. The van der Waals surface area contributed by atoms with Gasteiger partial charge in [0.05, 0.1) is 6.54 Å². The van der Waals surface area contributed by atoms with Crippen LogP contribution in [0.4, 0.5) is 5.69 Å². The lowest BCUT2D eigenvalue weighted by molar-refractivity contribution is -0.120. The molecule has 0 spiro atoms. The summed E-state index contributed by atoms with van der Waals surface area (Å²) in [5.74, 6) is 0.686. The molecule has 2 aliphatic rings. The number of hydrogen-bond acceptors (Lipinski definition) is 3. The number of nitrogens with one attached hydrogen (secondary N) is 3. The molecule has 1 aliphatic carbocycles. The molecule has 0 radical (unpaired) electrons. The minimum Gasteiger partial charge on any atom is -0.369 e. The maximum absolute atomic E-state index is 11.7. The summed E-state index contributed by atoms with van der Waals surface area (Å²) < 4.78 is 0. The molecule has 1 aromatic carbocycles. The third-order valence-electron chi connectivity index (χ3n) is 4.28. The van der Waals surface area contributed by atoms with Gasteiger partial charge in [0.25, 0.3) is 0 Å². The van der Waals surface area contributed by atoms with Crippen molar-refractivity contribution >= 4 is 29.2 Å². The van der Waals surface area contributed by atoms with Gasteiger partial charge in [0.2, 0.25) is 5.91 Å². The lowest BCUT2D eigenvalue weighted by atomic mass is 10.3. The molecule has 0 aromatic heterocycles. The summed E-state index contributed by atoms with van der Waals surface area (Å²) in [6.07, 6.45) is 3.21. The summed E-state index contributed by atoms with van der Waals surface area (Å²) in [6.45, 7) is 2.10. The van der Waals surface area contributed by atoms with Crippen LogP contribution >= 0.6 is 11.6 Å². The van der Waals surface area contributed by atoms with E-state index in [-0.39, 0.29) is 12.5 Å². The number of aliphatic imine (C=N–C) groups is 1. The fraction of sp³-hybridized carbons (Fsp3) is 0.529. The van der Waals surface area contributed by atoms with Crippen molar-refractivity contribution in [1.29, 1.82) is 0 Å². The van der Waals surface area contributed by atoms with Crippen molar-refractivity contribution in [1.82, 2.24) is 16.0 Å². The van der Waals surface area contributed by atoms with E-state index >= 15 is 0 Å². The summed E-state index contributed by atoms with van der Waals surface area (Å²) in [4.78, 5) is 18.3. The van der Waals surface area contributed by atoms with Crippen LogP contribution in [-0.2, 0) is 4.79 Å². The molecule has 1 unspecified atom stereocenters. The molecule has 1 heterocycles. The molecular formula is C17H24ClN5O. The van der Waals surface area contributed by atoms with Gasteiger partial charge in [-0.3, -0.25) is 9.79 Å². The van der Waals surface area contributed by atoms with E-state index in [0.29, 0.717) is 18.0 Å². The van der Waals surface area contributed by atoms with Gasteiger partial charge in [-0.05, 0) is 37.5 Å². The molecule has 6 nitrogen and oxygen atoms in total. The molecule has 24 heavy (non-hydrogen) atoms. The van der Waals surface area contributed by atoms with E-state index in [4.69, 9.17) is 11.6 Å². The average molecular weight is 350 g/mol. The highest BCUT2D eigenvalue weighted by Gasteiger charge is 2.25. The Morgan fingerprint density at radius 2 is 2.12 bits per heavy atom. The molecule has 1 aromatic rings. The molecule has 1 atom stereocenters. The summed E-state index contributed by atoms with van der Waals surface area (Å²) in [6, 6.07) is 8.59. The van der Waals surface area contributed by atoms with Gasteiger partial charge in [-0.25, -0.2) is 0 Å². The Hall–Kier alpha value is -1.95. The van der Waals surface area contributed by atoms with Crippen molar-refractivity contribution in [2.24, 2.45) is 4.99 Å². The second kappa shape index (κ2) is 7.75. The van der Waals surface area contributed by atoms with Crippen molar-refractivity contribution in [2.75, 3.05) is 31.6 Å². The maximum atomic E-state index is 11.7. The number of anilines is 1. The summed E-state index contributed by atoms with van der Waals surface area (Å²) in [5, 5.41) is 10.2. The monoisotopic (exact) mass is 349 g/mol. The second-order valence-electron chi connectivity index (χ2n) is 6.32. The quantitative estimate of drug-likeness (QED) is 0.554. The van der Waals surface area contributed by atoms with Gasteiger partial charge in [0, 0.05) is 42.9 Å². The molecule has 1 amide bonds. The SMILES string of the molecule is CN=C(NCC(=O)NC1CC1)NC1CCN(c2cccc(Cl)c2)C1. The smallest absolute Gasteiger partial charge is 0.239 e. The van der Waals surface area contributed by atoms with E-state index in [1.54, 1.807) is 7.05 Å². The summed E-state index contributed by atoms with van der Waals surface area (Å²) >= 11 is 6.07. The average Bonchev–Trinajstić information content (AvgIpc) is 3.26. The van der Waals surface area contributed by atoms with E-state index in [1.807, 2.05) is 18.2 Å². The molecule has 7 heteroatoms. The van der Waals surface area contributed by atoms with E-state index < -0.39 is 0 Å². The lowest BCUT2D eigenvalue weighted by Crippen LogP contribution is -2.47. The van der Waals surface area contributed by atoms with E-state index in [1.165, 1.54) is 0 Å². The fourth-order valence-electron chi connectivity index (χ4n) is 2.84. The Morgan fingerprint density at radius 1 is 1.29 bits per heavy atom. The number of amides is 1. The predicted molar refractivity (Wildman–Crippen MR) is 97.7 cm³/mol. The van der Waals surface area contributed by atoms with Crippen molar-refractivity contribution in [3.05, 3.63) is 29.3 Å². The lowest BCUT2D eigenvalue weighted by Gasteiger charge is -2.20. The van der Waals surface area contributed by atoms with Gasteiger partial charge in [0.15, 0.2) is 5.96 Å². The highest BCUT2D eigenvalue weighted by Crippen LogP contribution is 2.23. The zero-order valence-electron chi connectivity index (χ0n) is 13.9. The topological polar surface area (TPSA) is 68.8 Å². The van der Waals surface area contributed by atoms with Crippen molar-refractivity contribution in [3.8, 4) is 0 Å². The Labute approximate surface area is 147 Å². The number of halogens is 1. The van der Waals surface area contributed by atoms with Crippen LogP contribution in [-0.4, -0.2) is 50.6 Å². The molecular weight excluding hydrogens is 326 g/mol. The first-order chi connectivity index (χ1) is 11.6. The largest absolute Gasteiger partial charge is 0.369 e. The minimum absolute atomic E-state index is 0.0208. The highest BCUT2D eigenvalue weighted by atomic mass is 35.5. The van der Waals surface area contributed by atoms with Crippen molar-refractivity contribution in [3.63, 3.8) is 0 Å². The van der Waals surface area contributed by atoms with E-state index in [2.05, 4.69) is 31.9 Å². The zero-order valence-corrected chi connectivity index (χ0v) is 14.6. The number of hydrogen-bond donors (Lipinski definition) is 3. The van der Waals surface area contributed by atoms with Gasteiger partial charge in [0.1, 0.15) is 0 Å². The van der Waals surface area contributed by atoms with Crippen LogP contribution < -0.4 is 20.9 Å². The maximum Gasteiger partial charge on any atom is 0.239 e. The Kier molecular flexibility index (Phi) is 5.45. The first kappa shape index (κ1) is 16.9. The molecule has 1 aliphatic heterocycles. The molecule has 3 rings (SSSR count). The number of nitrogens with zero attached hydrogens (tertiary/aromatic N) is 2. The molecule has 3 N–H and O–H groups in total. The summed E-state index contributed by atoms with van der Waals surface area (Å²) in [7, 11) is 1.72. The van der Waals surface area contributed by atoms with Crippen molar-refractivity contribution < 1.29 is 4.79 Å². The van der Waals surface area contributed by atoms with Crippen molar-refractivity contribution in [2.45, 2.75) is 31.3 Å². The molecule has 130 valence electrons. The first-order valence-electron chi connectivity index (χ1n) is 8.41. The van der Waals surface area contributed by atoms with Crippen LogP contribution in [0.2, 0.25) is 5.02 Å². The van der Waals surface area contributed by atoms with E-state index in [9.17, 15) is 4.79 Å². The fourth-order valence-corrected chi connectivity index (χ4v) is 3.03. The number of benzene rings is 1. The van der Waals surface area contributed by atoms with E-state index in [0.717, 1.165) is 43.1 Å². The normalized spacial score (nSPS) is 20.8. The Morgan fingerprint density at radius 3 is 2.83 bits per heavy atom. The highest BCUT2D eigenvalue weighted by molar-refractivity contribution is 6.30. The molecule has 0 bridgehead atoms. The predicted octanol–water partition coefficient (Wildman–Crippen LogP) is 1.36. The van der Waals surface area contributed by atoms with Gasteiger partial charge in [-0.2, -0.15) is 0 Å². The summed E-state index contributed by atoms with van der Waals surface area (Å²) in [5.41, 5.74) is 1.14. The van der Waals surface area contributed by atoms with Crippen LogP contribution in [0.5, 0.6) is 0 Å².